The van der Waals surface area contributed by atoms with Gasteiger partial charge in [0.05, 0.1) is 22.5 Å². The van der Waals surface area contributed by atoms with Crippen LogP contribution >= 0.6 is 0 Å². The molecule has 0 saturated heterocycles. The van der Waals surface area contributed by atoms with Crippen LogP contribution in [-0.2, 0) is 14.1 Å². The number of pyridine rings is 1. The van der Waals surface area contributed by atoms with Crippen LogP contribution in [0.25, 0.3) is 22.1 Å². The summed E-state index contributed by atoms with van der Waals surface area (Å²) in [5.41, 5.74) is 1.06. The summed E-state index contributed by atoms with van der Waals surface area (Å²) in [6, 6.07) is 7.90. The fourth-order valence-electron chi connectivity index (χ4n) is 3.25. The number of aromatic amines is 2. The molecule has 0 saturated carbocycles. The molecule has 1 atom stereocenters. The monoisotopic (exact) mass is 394 g/mol. The van der Waals surface area contributed by atoms with E-state index in [0.717, 1.165) is 10.1 Å². The summed E-state index contributed by atoms with van der Waals surface area (Å²) in [7, 11) is 2.88. The zero-order chi connectivity index (χ0) is 20.9. The van der Waals surface area contributed by atoms with Crippen LogP contribution in [0.1, 0.15) is 29.0 Å². The van der Waals surface area contributed by atoms with Gasteiger partial charge in [-0.2, -0.15) is 0 Å². The predicted molar refractivity (Wildman–Crippen MR) is 107 cm³/mol. The molecule has 1 aromatic carbocycles. The zero-order valence-electron chi connectivity index (χ0n) is 15.9. The topological polar surface area (TPSA) is 135 Å². The summed E-state index contributed by atoms with van der Waals surface area (Å²) < 4.78 is 2.22. The highest BCUT2D eigenvalue weighted by atomic mass is 16.2. The first-order valence-electron chi connectivity index (χ1n) is 8.86. The molecular weight excluding hydrogens is 376 g/mol. The number of nitrogens with one attached hydrogen (secondary N) is 3. The van der Waals surface area contributed by atoms with Gasteiger partial charge >= 0.3 is 11.4 Å². The number of hydrogen-bond acceptors (Lipinski definition) is 5. The molecule has 4 rings (SSSR count). The molecule has 0 aliphatic rings. The van der Waals surface area contributed by atoms with E-state index in [2.05, 4.69) is 20.3 Å². The van der Waals surface area contributed by atoms with Crippen LogP contribution in [0.3, 0.4) is 0 Å². The molecule has 0 bridgehead atoms. The highest BCUT2D eigenvalue weighted by Crippen LogP contribution is 2.17. The lowest BCUT2D eigenvalue weighted by Gasteiger charge is -2.15. The molecule has 0 radical (unpaired) electrons. The maximum atomic E-state index is 12.7. The molecule has 148 valence electrons. The van der Waals surface area contributed by atoms with Crippen molar-refractivity contribution in [1.29, 1.82) is 0 Å². The van der Waals surface area contributed by atoms with Gasteiger partial charge in [-0.05, 0) is 36.8 Å². The molecule has 3 N–H and O–H groups in total. The molecular formula is C19H18N6O4. The van der Waals surface area contributed by atoms with Crippen molar-refractivity contribution in [3.63, 3.8) is 0 Å². The number of H-pyrrole nitrogens is 2. The lowest BCUT2D eigenvalue weighted by molar-refractivity contribution is 0.0935. The fraction of sp³-hybridized carbons (Fsp3) is 0.211. The normalized spacial score (nSPS) is 12.4. The van der Waals surface area contributed by atoms with Crippen molar-refractivity contribution in [3.8, 4) is 0 Å². The fourth-order valence-corrected chi connectivity index (χ4v) is 3.25. The van der Waals surface area contributed by atoms with E-state index < -0.39 is 17.2 Å². The van der Waals surface area contributed by atoms with Gasteiger partial charge in [-0.3, -0.25) is 18.7 Å². The van der Waals surface area contributed by atoms with Crippen LogP contribution in [0.4, 0.5) is 0 Å². The number of amides is 1. The molecule has 0 aliphatic heterocycles. The number of rotatable bonds is 3. The Hall–Kier alpha value is -3.95. The van der Waals surface area contributed by atoms with E-state index in [1.54, 1.807) is 25.1 Å². The number of carbonyl (C=O) groups excluding carboxylic acids is 1. The third-order valence-corrected chi connectivity index (χ3v) is 4.92. The average Bonchev–Trinajstić information content (AvgIpc) is 3.09. The quantitative estimate of drug-likeness (QED) is 0.459. The highest BCUT2D eigenvalue weighted by Gasteiger charge is 2.16. The molecule has 3 heterocycles. The second kappa shape index (κ2) is 6.59. The molecule has 29 heavy (non-hydrogen) atoms. The largest absolute Gasteiger partial charge is 0.344 e. The van der Waals surface area contributed by atoms with Crippen molar-refractivity contribution in [1.82, 2.24) is 29.4 Å². The minimum absolute atomic E-state index is 0.0868. The summed E-state index contributed by atoms with van der Waals surface area (Å²) in [6.07, 6.45) is 0. The van der Waals surface area contributed by atoms with Gasteiger partial charge in [-0.1, -0.05) is 6.07 Å². The number of fused-ring (bicyclic) bond motifs is 2. The Morgan fingerprint density at radius 3 is 2.52 bits per heavy atom. The first kappa shape index (κ1) is 18.4. The maximum Gasteiger partial charge on any atom is 0.332 e. The smallest absolute Gasteiger partial charge is 0.332 e. The van der Waals surface area contributed by atoms with Crippen LogP contribution in [0, 0.1) is 0 Å². The summed E-state index contributed by atoms with van der Waals surface area (Å²) in [6.45, 7) is 1.80. The lowest BCUT2D eigenvalue weighted by atomic mass is 10.1. The molecule has 0 fully saturated rings. The highest BCUT2D eigenvalue weighted by molar-refractivity contribution is 5.94. The van der Waals surface area contributed by atoms with Crippen LogP contribution in [0.5, 0.6) is 0 Å². The average molecular weight is 394 g/mol. The van der Waals surface area contributed by atoms with Crippen LogP contribution < -0.4 is 22.3 Å². The van der Waals surface area contributed by atoms with E-state index in [1.807, 2.05) is 0 Å². The number of aryl methyl sites for hydroxylation is 1. The molecule has 10 nitrogen and oxygen atoms in total. The van der Waals surface area contributed by atoms with E-state index >= 15 is 0 Å². The van der Waals surface area contributed by atoms with Gasteiger partial charge in [-0.25, -0.2) is 14.6 Å². The maximum absolute atomic E-state index is 12.7. The Bertz CT molecular complexity index is 1460. The van der Waals surface area contributed by atoms with Gasteiger partial charge in [0.25, 0.3) is 11.5 Å². The number of aromatic nitrogens is 5. The van der Waals surface area contributed by atoms with Crippen molar-refractivity contribution in [3.05, 3.63) is 72.9 Å². The predicted octanol–water partition coefficient (Wildman–Crippen LogP) is 0.293. The SMILES string of the molecule is CC(NC(=O)c1ccc2c(=O)n(C)c(=O)n(C)c2n1)c1ccc2[nH]c(=O)[nH]c2c1. The van der Waals surface area contributed by atoms with Crippen LogP contribution in [-0.4, -0.2) is 30.0 Å². The van der Waals surface area contributed by atoms with Crippen molar-refractivity contribution in [2.75, 3.05) is 0 Å². The Morgan fingerprint density at radius 2 is 1.76 bits per heavy atom. The number of imidazole rings is 1. The minimum Gasteiger partial charge on any atom is -0.344 e. The first-order chi connectivity index (χ1) is 13.8. The van der Waals surface area contributed by atoms with Gasteiger partial charge in [0, 0.05) is 14.1 Å². The summed E-state index contributed by atoms with van der Waals surface area (Å²) in [5, 5.41) is 3.09. The Morgan fingerprint density at radius 1 is 1.03 bits per heavy atom. The van der Waals surface area contributed by atoms with Gasteiger partial charge in [0.1, 0.15) is 11.3 Å². The Labute approximate surface area is 162 Å². The summed E-state index contributed by atoms with van der Waals surface area (Å²) in [4.78, 5) is 58.0. The third kappa shape index (κ3) is 3.04. The standard InChI is InChI=1S/C19H18N6O4/c1-9(10-4-6-12-14(8-10)23-18(28)22-12)20-16(26)13-7-5-11-15(21-13)24(2)19(29)25(3)17(11)27/h4-9H,1-3H3,(H,20,26)(H2,22,23,28). The van der Waals surface area contributed by atoms with E-state index in [4.69, 9.17) is 0 Å². The Balaban J connectivity index is 1.66. The molecule has 0 spiro atoms. The molecule has 3 aromatic heterocycles. The third-order valence-electron chi connectivity index (χ3n) is 4.92. The van der Waals surface area contributed by atoms with Crippen molar-refractivity contribution < 1.29 is 4.79 Å². The van der Waals surface area contributed by atoms with Crippen molar-refractivity contribution >= 4 is 28.0 Å². The summed E-state index contributed by atoms with van der Waals surface area (Å²) in [5.74, 6) is -0.449. The van der Waals surface area contributed by atoms with Crippen molar-refractivity contribution in [2.24, 2.45) is 14.1 Å². The van der Waals surface area contributed by atoms with E-state index in [1.165, 1.54) is 30.8 Å². The molecule has 1 amide bonds. The Kier molecular flexibility index (Phi) is 4.18. The van der Waals surface area contributed by atoms with Gasteiger partial charge in [-0.15, -0.1) is 0 Å². The second-order valence-corrected chi connectivity index (χ2v) is 6.85. The number of hydrogen-bond donors (Lipinski definition) is 3. The van der Waals surface area contributed by atoms with E-state index in [0.29, 0.717) is 11.0 Å². The van der Waals surface area contributed by atoms with Gasteiger partial charge in [0.15, 0.2) is 0 Å². The zero-order valence-corrected chi connectivity index (χ0v) is 15.9. The van der Waals surface area contributed by atoms with E-state index in [-0.39, 0.29) is 28.5 Å². The molecule has 4 aromatic rings. The summed E-state index contributed by atoms with van der Waals surface area (Å²) >= 11 is 0. The minimum atomic E-state index is -0.519. The lowest BCUT2D eigenvalue weighted by Crippen LogP contribution is -2.37. The first-order valence-corrected chi connectivity index (χ1v) is 8.86. The van der Waals surface area contributed by atoms with E-state index in [9.17, 15) is 19.2 Å². The van der Waals surface area contributed by atoms with Crippen LogP contribution in [0.15, 0.2) is 44.7 Å². The second-order valence-electron chi connectivity index (χ2n) is 6.85. The molecule has 0 aliphatic carbocycles. The number of nitrogens with zero attached hydrogens (tertiary/aromatic N) is 3. The van der Waals surface area contributed by atoms with Gasteiger partial charge in [0.2, 0.25) is 0 Å². The number of benzene rings is 1. The number of carbonyl (C=O) groups is 1. The van der Waals surface area contributed by atoms with Crippen LogP contribution in [0.2, 0.25) is 0 Å². The molecule has 10 heteroatoms. The molecule has 1 unspecified atom stereocenters. The van der Waals surface area contributed by atoms with Crippen molar-refractivity contribution in [2.45, 2.75) is 13.0 Å². The van der Waals surface area contributed by atoms with Gasteiger partial charge < -0.3 is 15.3 Å².